The number of fused-ring (bicyclic) bond motifs is 3. The molecular weight excluding hydrogens is 611 g/mol. The third kappa shape index (κ3) is 5.63. The fourth-order valence-corrected chi connectivity index (χ4v) is 7.02. The van der Waals surface area contributed by atoms with Crippen molar-refractivity contribution in [2.45, 2.75) is 25.8 Å². The summed E-state index contributed by atoms with van der Waals surface area (Å²) < 4.78 is 4.62. The summed E-state index contributed by atoms with van der Waals surface area (Å²) in [4.78, 5) is 14.2. The van der Waals surface area contributed by atoms with Crippen LogP contribution in [0.4, 0.5) is 0 Å². The second kappa shape index (κ2) is 13.3. The highest BCUT2D eigenvalue weighted by Gasteiger charge is 2.24. The molecule has 1 aliphatic heterocycles. The molecule has 4 aromatic heterocycles. The van der Waals surface area contributed by atoms with Crippen LogP contribution in [0, 0.1) is 0 Å². The van der Waals surface area contributed by atoms with Crippen molar-refractivity contribution in [2.24, 2.45) is 4.99 Å². The molecule has 1 aliphatic rings. The standard InChI is InChI=1S/C45H37N5/c1-4-35(49-42(34-12-10-28-46-30-34)26-27-45(49)37-15-11-29-47-32(37)3)23-20-31(2)40-16-9-17-41(48-40)33-21-24-36(25-22-33)50-43-18-7-5-13-38(43)39-14-6-8-19-44(39)50/h4-30,32,37H,1H2,2-3H3. The van der Waals surface area contributed by atoms with E-state index in [2.05, 4.69) is 167 Å². The average molecular weight is 648 g/mol. The molecule has 50 heavy (non-hydrogen) atoms. The zero-order chi connectivity index (χ0) is 34.0. The lowest BCUT2D eigenvalue weighted by molar-refractivity contribution is 0.638. The van der Waals surface area contributed by atoms with Gasteiger partial charge in [0.15, 0.2) is 0 Å². The molecule has 0 saturated carbocycles. The van der Waals surface area contributed by atoms with Gasteiger partial charge in [-0.3, -0.25) is 9.98 Å². The van der Waals surface area contributed by atoms with Gasteiger partial charge in [-0.25, -0.2) is 4.98 Å². The Balaban J connectivity index is 1.12. The number of aromatic nitrogens is 4. The molecule has 3 aromatic carbocycles. The van der Waals surface area contributed by atoms with Gasteiger partial charge < -0.3 is 9.13 Å². The molecule has 0 fully saturated rings. The van der Waals surface area contributed by atoms with E-state index in [1.807, 2.05) is 30.6 Å². The zero-order valence-corrected chi connectivity index (χ0v) is 28.2. The van der Waals surface area contributed by atoms with E-state index >= 15 is 0 Å². The van der Waals surface area contributed by atoms with E-state index < -0.39 is 0 Å². The van der Waals surface area contributed by atoms with Gasteiger partial charge in [-0.15, -0.1) is 0 Å². The van der Waals surface area contributed by atoms with Crippen molar-refractivity contribution in [2.75, 3.05) is 0 Å². The van der Waals surface area contributed by atoms with Crippen molar-refractivity contribution in [3.05, 3.63) is 176 Å². The van der Waals surface area contributed by atoms with Crippen LogP contribution in [0.2, 0.25) is 0 Å². The smallest absolute Gasteiger partial charge is 0.0709 e. The second-order valence-corrected chi connectivity index (χ2v) is 12.6. The quantitative estimate of drug-likeness (QED) is 0.154. The summed E-state index contributed by atoms with van der Waals surface area (Å²) in [6, 6.07) is 40.7. The van der Waals surface area contributed by atoms with Gasteiger partial charge in [0.1, 0.15) is 0 Å². The van der Waals surface area contributed by atoms with Gasteiger partial charge in [-0.05, 0) is 98.3 Å². The largest absolute Gasteiger partial charge is 0.313 e. The first-order chi connectivity index (χ1) is 24.6. The maximum absolute atomic E-state index is 5.10. The summed E-state index contributed by atoms with van der Waals surface area (Å²) >= 11 is 0. The number of para-hydroxylation sites is 2. The molecule has 5 heterocycles. The summed E-state index contributed by atoms with van der Waals surface area (Å²) in [5, 5.41) is 2.52. The van der Waals surface area contributed by atoms with Crippen LogP contribution in [-0.2, 0) is 0 Å². The van der Waals surface area contributed by atoms with Gasteiger partial charge in [0.25, 0.3) is 0 Å². The van der Waals surface area contributed by atoms with Gasteiger partial charge >= 0.3 is 0 Å². The molecule has 0 radical (unpaired) electrons. The topological polar surface area (TPSA) is 48.0 Å². The minimum absolute atomic E-state index is 0.127. The first-order valence-electron chi connectivity index (χ1n) is 17.0. The zero-order valence-electron chi connectivity index (χ0n) is 28.2. The normalized spacial score (nSPS) is 16.4. The second-order valence-electron chi connectivity index (χ2n) is 12.6. The minimum atomic E-state index is 0.127. The predicted octanol–water partition coefficient (Wildman–Crippen LogP) is 11.0. The van der Waals surface area contributed by atoms with Crippen LogP contribution in [0.5, 0.6) is 0 Å². The molecule has 0 bridgehead atoms. The molecule has 0 saturated heterocycles. The lowest BCUT2D eigenvalue weighted by Gasteiger charge is -2.24. The Hall–Kier alpha value is -6.33. The van der Waals surface area contributed by atoms with E-state index in [0.717, 1.165) is 50.9 Å². The number of hydrogen-bond donors (Lipinski definition) is 0. The van der Waals surface area contributed by atoms with Crippen LogP contribution in [0.1, 0.15) is 31.2 Å². The Kier molecular flexibility index (Phi) is 8.23. The summed E-state index contributed by atoms with van der Waals surface area (Å²) in [5.74, 6) is 0.138. The Morgan fingerprint density at radius 2 is 1.52 bits per heavy atom. The summed E-state index contributed by atoms with van der Waals surface area (Å²) in [5.41, 5.74) is 11.7. The Morgan fingerprint density at radius 1 is 0.760 bits per heavy atom. The molecule has 0 amide bonds. The van der Waals surface area contributed by atoms with Gasteiger partial charge in [-0.1, -0.05) is 73.3 Å². The summed E-state index contributed by atoms with van der Waals surface area (Å²) in [6.45, 7) is 8.48. The van der Waals surface area contributed by atoms with Crippen LogP contribution in [-0.4, -0.2) is 31.4 Å². The van der Waals surface area contributed by atoms with Crippen molar-refractivity contribution in [1.82, 2.24) is 19.1 Å². The van der Waals surface area contributed by atoms with E-state index in [1.54, 1.807) is 6.20 Å². The van der Waals surface area contributed by atoms with Crippen molar-refractivity contribution >= 4 is 39.3 Å². The number of hydrogen-bond acceptors (Lipinski definition) is 3. The molecule has 0 N–H and O–H groups in total. The van der Waals surface area contributed by atoms with E-state index in [0.29, 0.717) is 0 Å². The van der Waals surface area contributed by atoms with Crippen LogP contribution in [0.15, 0.2) is 170 Å². The number of aliphatic imine (C=N–C) groups is 1. The number of benzene rings is 3. The van der Waals surface area contributed by atoms with E-state index in [-0.39, 0.29) is 12.0 Å². The third-order valence-corrected chi connectivity index (χ3v) is 9.58. The Labute approximate surface area is 292 Å². The van der Waals surface area contributed by atoms with Crippen molar-refractivity contribution < 1.29 is 0 Å². The lowest BCUT2D eigenvalue weighted by Crippen LogP contribution is -2.17. The van der Waals surface area contributed by atoms with E-state index in [4.69, 9.17) is 4.98 Å². The van der Waals surface area contributed by atoms with Gasteiger partial charge in [0, 0.05) is 63.5 Å². The minimum Gasteiger partial charge on any atom is -0.313 e. The molecule has 0 aliphatic carbocycles. The Morgan fingerprint density at radius 3 is 2.22 bits per heavy atom. The number of pyridine rings is 2. The predicted molar refractivity (Wildman–Crippen MR) is 210 cm³/mol. The molecule has 5 heteroatoms. The number of rotatable bonds is 8. The monoisotopic (exact) mass is 647 g/mol. The molecule has 2 atom stereocenters. The maximum Gasteiger partial charge on any atom is 0.0709 e. The van der Waals surface area contributed by atoms with Crippen LogP contribution >= 0.6 is 0 Å². The van der Waals surface area contributed by atoms with Gasteiger partial charge in [-0.2, -0.15) is 0 Å². The molecule has 7 aromatic rings. The van der Waals surface area contributed by atoms with Crippen molar-refractivity contribution in [1.29, 1.82) is 0 Å². The SMILES string of the molecule is C=CC(=CC=C(C)c1cccc(-c2ccc(-n3c4ccccc4c4ccccc43)cc2)n1)n1c(-c2cccnc2)ccc1C1C=CC=NC1C. The van der Waals surface area contributed by atoms with Crippen LogP contribution < -0.4 is 0 Å². The van der Waals surface area contributed by atoms with Crippen molar-refractivity contribution in [3.8, 4) is 28.2 Å². The van der Waals surface area contributed by atoms with E-state index in [1.165, 1.54) is 21.8 Å². The van der Waals surface area contributed by atoms with Gasteiger partial charge in [0.2, 0.25) is 0 Å². The lowest BCUT2D eigenvalue weighted by atomic mass is 9.95. The Bertz CT molecular complexity index is 2420. The van der Waals surface area contributed by atoms with Crippen LogP contribution in [0.25, 0.3) is 61.3 Å². The average Bonchev–Trinajstić information content (AvgIpc) is 3.76. The first kappa shape index (κ1) is 31.0. The molecule has 0 spiro atoms. The molecule has 242 valence electrons. The molecule has 2 unspecified atom stereocenters. The summed E-state index contributed by atoms with van der Waals surface area (Å²) in [7, 11) is 0. The number of nitrogens with zero attached hydrogens (tertiary/aromatic N) is 5. The third-order valence-electron chi connectivity index (χ3n) is 9.58. The molecule has 8 rings (SSSR count). The molecule has 5 nitrogen and oxygen atoms in total. The summed E-state index contributed by atoms with van der Waals surface area (Å²) in [6.07, 6.45) is 16.0. The fourth-order valence-electron chi connectivity index (χ4n) is 7.02. The highest BCUT2D eigenvalue weighted by atomic mass is 15.0. The van der Waals surface area contributed by atoms with E-state index in [9.17, 15) is 0 Å². The highest BCUT2D eigenvalue weighted by molar-refractivity contribution is 6.09. The molecular formula is C45H37N5. The number of allylic oxidation sites excluding steroid dienone is 6. The maximum atomic E-state index is 5.10. The van der Waals surface area contributed by atoms with Crippen molar-refractivity contribution in [3.63, 3.8) is 0 Å². The highest BCUT2D eigenvalue weighted by Crippen LogP contribution is 2.35. The van der Waals surface area contributed by atoms with Crippen LogP contribution in [0.3, 0.4) is 0 Å². The first-order valence-corrected chi connectivity index (χ1v) is 17.0. The van der Waals surface area contributed by atoms with Gasteiger partial charge in [0.05, 0.1) is 34.2 Å². The fraction of sp³-hybridized carbons (Fsp3) is 0.0889. The number of dihydropyridines is 1.